The van der Waals surface area contributed by atoms with Crippen LogP contribution in [-0.2, 0) is 17.6 Å². The van der Waals surface area contributed by atoms with Gasteiger partial charge in [-0.05, 0) is 36.8 Å². The second-order valence-electron chi connectivity index (χ2n) is 4.78. The van der Waals surface area contributed by atoms with Crippen molar-refractivity contribution in [3.8, 4) is 0 Å². The Balaban J connectivity index is 2.51. The molecule has 0 heterocycles. The molecule has 0 fully saturated rings. The van der Waals surface area contributed by atoms with E-state index in [2.05, 4.69) is 38.1 Å². The standard InChI is InChI=1S/C15H22O/c1-4-5-14-6-8-15(9-7-14)11-12(2)10-13(3)16/h6-9,12H,4-5,10-11H2,1-3H3. The predicted octanol–water partition coefficient (Wildman–Crippen LogP) is 3.80. The van der Waals surface area contributed by atoms with Crippen LogP contribution < -0.4 is 0 Å². The van der Waals surface area contributed by atoms with Crippen LogP contribution in [0.4, 0.5) is 0 Å². The highest BCUT2D eigenvalue weighted by Gasteiger charge is 2.06. The van der Waals surface area contributed by atoms with Crippen molar-refractivity contribution in [3.63, 3.8) is 0 Å². The van der Waals surface area contributed by atoms with Gasteiger partial charge in [0.25, 0.3) is 0 Å². The van der Waals surface area contributed by atoms with E-state index in [0.717, 1.165) is 12.8 Å². The van der Waals surface area contributed by atoms with Gasteiger partial charge in [-0.15, -0.1) is 0 Å². The van der Waals surface area contributed by atoms with Crippen molar-refractivity contribution in [2.24, 2.45) is 5.92 Å². The molecule has 0 saturated heterocycles. The number of hydrogen-bond donors (Lipinski definition) is 0. The third-order valence-electron chi connectivity index (χ3n) is 2.78. The van der Waals surface area contributed by atoms with Gasteiger partial charge in [0, 0.05) is 6.42 Å². The average molecular weight is 218 g/mol. The molecule has 16 heavy (non-hydrogen) atoms. The quantitative estimate of drug-likeness (QED) is 0.710. The minimum absolute atomic E-state index is 0.287. The van der Waals surface area contributed by atoms with Crippen molar-refractivity contribution in [2.75, 3.05) is 0 Å². The Hall–Kier alpha value is -1.11. The lowest BCUT2D eigenvalue weighted by atomic mass is 9.95. The minimum atomic E-state index is 0.287. The van der Waals surface area contributed by atoms with Crippen LogP contribution in [0.2, 0.25) is 0 Å². The summed E-state index contributed by atoms with van der Waals surface area (Å²) < 4.78 is 0. The summed E-state index contributed by atoms with van der Waals surface area (Å²) >= 11 is 0. The van der Waals surface area contributed by atoms with E-state index in [1.54, 1.807) is 6.92 Å². The molecule has 1 rings (SSSR count). The maximum absolute atomic E-state index is 11.0. The highest BCUT2D eigenvalue weighted by atomic mass is 16.1. The maximum atomic E-state index is 11.0. The molecule has 1 atom stereocenters. The van der Waals surface area contributed by atoms with Crippen molar-refractivity contribution in [3.05, 3.63) is 35.4 Å². The second kappa shape index (κ2) is 6.47. The second-order valence-corrected chi connectivity index (χ2v) is 4.78. The van der Waals surface area contributed by atoms with Crippen molar-refractivity contribution in [2.45, 2.75) is 46.5 Å². The van der Waals surface area contributed by atoms with Gasteiger partial charge in [0.15, 0.2) is 0 Å². The van der Waals surface area contributed by atoms with Crippen molar-refractivity contribution in [1.82, 2.24) is 0 Å². The molecule has 0 amide bonds. The Morgan fingerprint density at radius 1 is 1.19 bits per heavy atom. The number of rotatable bonds is 6. The molecular weight excluding hydrogens is 196 g/mol. The van der Waals surface area contributed by atoms with Crippen LogP contribution in [0.25, 0.3) is 0 Å². The molecule has 0 aliphatic carbocycles. The summed E-state index contributed by atoms with van der Waals surface area (Å²) in [5.74, 6) is 0.740. The normalized spacial score (nSPS) is 12.4. The fourth-order valence-corrected chi connectivity index (χ4v) is 2.10. The van der Waals surface area contributed by atoms with Crippen LogP contribution in [-0.4, -0.2) is 5.78 Å². The molecule has 0 aliphatic rings. The smallest absolute Gasteiger partial charge is 0.130 e. The molecule has 0 spiro atoms. The first kappa shape index (κ1) is 13.0. The van der Waals surface area contributed by atoms with Crippen LogP contribution in [0, 0.1) is 5.92 Å². The lowest BCUT2D eigenvalue weighted by Crippen LogP contribution is -2.05. The molecular formula is C15H22O. The van der Waals surface area contributed by atoms with Crippen LogP contribution in [0.3, 0.4) is 0 Å². The molecule has 0 aromatic heterocycles. The predicted molar refractivity (Wildman–Crippen MR) is 68.6 cm³/mol. The summed E-state index contributed by atoms with van der Waals surface area (Å²) in [5, 5.41) is 0. The molecule has 0 bridgehead atoms. The SMILES string of the molecule is CCCc1ccc(CC(C)CC(C)=O)cc1. The largest absolute Gasteiger partial charge is 0.300 e. The van der Waals surface area contributed by atoms with Crippen LogP contribution in [0.1, 0.15) is 44.7 Å². The summed E-state index contributed by atoms with van der Waals surface area (Å²) in [6.07, 6.45) is 4.05. The first-order valence-corrected chi connectivity index (χ1v) is 6.19. The molecule has 0 aliphatic heterocycles. The molecule has 1 aromatic carbocycles. The Bertz CT molecular complexity index is 324. The molecule has 0 saturated carbocycles. The number of aryl methyl sites for hydroxylation is 1. The molecule has 1 unspecified atom stereocenters. The third kappa shape index (κ3) is 4.61. The van der Waals surface area contributed by atoms with Gasteiger partial charge < -0.3 is 4.79 Å². The van der Waals surface area contributed by atoms with Gasteiger partial charge in [-0.3, -0.25) is 0 Å². The number of Topliss-reactive ketones (excluding diaryl/α,β-unsaturated/α-hetero) is 1. The molecule has 1 aromatic rings. The topological polar surface area (TPSA) is 17.1 Å². The van der Waals surface area contributed by atoms with Crippen molar-refractivity contribution >= 4 is 5.78 Å². The summed E-state index contributed by atoms with van der Waals surface area (Å²) in [6.45, 7) is 6.01. The fraction of sp³-hybridized carbons (Fsp3) is 0.533. The Kier molecular flexibility index (Phi) is 5.24. The number of hydrogen-bond acceptors (Lipinski definition) is 1. The average Bonchev–Trinajstić information content (AvgIpc) is 2.20. The van der Waals surface area contributed by atoms with Crippen LogP contribution in [0.15, 0.2) is 24.3 Å². The van der Waals surface area contributed by atoms with E-state index in [1.807, 2.05) is 0 Å². The summed E-state index contributed by atoms with van der Waals surface area (Å²) in [4.78, 5) is 11.0. The van der Waals surface area contributed by atoms with E-state index in [1.165, 1.54) is 17.5 Å². The molecule has 0 radical (unpaired) electrons. The molecule has 1 heteroatoms. The van der Waals surface area contributed by atoms with E-state index in [4.69, 9.17) is 0 Å². The lowest BCUT2D eigenvalue weighted by Gasteiger charge is -2.09. The lowest BCUT2D eigenvalue weighted by molar-refractivity contribution is -0.117. The molecule has 0 N–H and O–H groups in total. The summed E-state index contributed by atoms with van der Waals surface area (Å²) in [7, 11) is 0. The zero-order chi connectivity index (χ0) is 12.0. The van der Waals surface area contributed by atoms with Crippen molar-refractivity contribution < 1.29 is 4.79 Å². The van der Waals surface area contributed by atoms with E-state index >= 15 is 0 Å². The number of ketones is 1. The van der Waals surface area contributed by atoms with E-state index in [9.17, 15) is 4.79 Å². The molecule has 1 nitrogen and oxygen atoms in total. The van der Waals surface area contributed by atoms with E-state index in [0.29, 0.717) is 12.3 Å². The van der Waals surface area contributed by atoms with Gasteiger partial charge in [0.05, 0.1) is 0 Å². The molecule has 88 valence electrons. The number of carbonyl (C=O) groups excluding carboxylic acids is 1. The number of benzene rings is 1. The Morgan fingerprint density at radius 2 is 1.75 bits per heavy atom. The highest BCUT2D eigenvalue weighted by Crippen LogP contribution is 2.13. The first-order valence-electron chi connectivity index (χ1n) is 6.19. The van der Waals surface area contributed by atoms with Gasteiger partial charge in [-0.1, -0.05) is 44.5 Å². The Labute approximate surface area is 98.9 Å². The van der Waals surface area contributed by atoms with Gasteiger partial charge in [-0.25, -0.2) is 0 Å². The summed E-state index contributed by atoms with van der Waals surface area (Å²) in [6, 6.07) is 8.81. The zero-order valence-electron chi connectivity index (χ0n) is 10.6. The monoisotopic (exact) mass is 218 g/mol. The van der Waals surface area contributed by atoms with Gasteiger partial charge in [0.2, 0.25) is 0 Å². The van der Waals surface area contributed by atoms with Crippen molar-refractivity contribution in [1.29, 1.82) is 0 Å². The van der Waals surface area contributed by atoms with Gasteiger partial charge in [-0.2, -0.15) is 0 Å². The zero-order valence-corrected chi connectivity index (χ0v) is 10.6. The minimum Gasteiger partial charge on any atom is -0.300 e. The van der Waals surface area contributed by atoms with Crippen LogP contribution in [0.5, 0.6) is 0 Å². The highest BCUT2D eigenvalue weighted by molar-refractivity contribution is 5.75. The fourth-order valence-electron chi connectivity index (χ4n) is 2.10. The number of carbonyl (C=O) groups is 1. The maximum Gasteiger partial charge on any atom is 0.130 e. The first-order chi connectivity index (χ1) is 7.61. The van der Waals surface area contributed by atoms with Crippen LogP contribution >= 0.6 is 0 Å². The Morgan fingerprint density at radius 3 is 2.25 bits per heavy atom. The summed E-state index contributed by atoms with van der Waals surface area (Å²) in [5.41, 5.74) is 2.75. The third-order valence-corrected chi connectivity index (χ3v) is 2.78. The van der Waals surface area contributed by atoms with E-state index in [-0.39, 0.29) is 5.78 Å². The van der Waals surface area contributed by atoms with Gasteiger partial charge >= 0.3 is 0 Å². The van der Waals surface area contributed by atoms with Gasteiger partial charge in [0.1, 0.15) is 5.78 Å². The van der Waals surface area contributed by atoms with E-state index < -0.39 is 0 Å².